The van der Waals surface area contributed by atoms with Crippen LogP contribution >= 0.6 is 0 Å². The maximum absolute atomic E-state index is 12.6. The van der Waals surface area contributed by atoms with Crippen LogP contribution in [0.4, 0.5) is 10.5 Å². The van der Waals surface area contributed by atoms with Gasteiger partial charge in [-0.25, -0.2) is 14.6 Å². The van der Waals surface area contributed by atoms with Gasteiger partial charge in [-0.2, -0.15) is 0 Å². The van der Waals surface area contributed by atoms with Gasteiger partial charge in [0.2, 0.25) is 5.88 Å². The zero-order chi connectivity index (χ0) is 30.7. The number of alkyl carbamates (subject to hydrolysis) is 1. The Kier molecular flexibility index (Phi) is 9.63. The van der Waals surface area contributed by atoms with Gasteiger partial charge >= 0.3 is 12.1 Å². The van der Waals surface area contributed by atoms with Crippen LogP contribution in [0, 0.1) is 0 Å². The predicted molar refractivity (Wildman–Crippen MR) is 164 cm³/mol. The topological polar surface area (TPSA) is 136 Å². The van der Waals surface area contributed by atoms with Crippen LogP contribution in [-0.4, -0.2) is 41.2 Å². The second-order valence-electron chi connectivity index (χ2n) is 9.65. The average molecular weight is 592 g/mol. The molecule has 10 nitrogen and oxygen atoms in total. The van der Waals surface area contributed by atoms with Gasteiger partial charge in [-0.1, -0.05) is 54.6 Å². The number of aromatic nitrogens is 1. The van der Waals surface area contributed by atoms with E-state index in [0.717, 1.165) is 16.3 Å². The maximum Gasteiger partial charge on any atom is 0.407 e. The van der Waals surface area contributed by atoms with Crippen molar-refractivity contribution >= 4 is 34.4 Å². The minimum Gasteiger partial charge on any atom is -0.494 e. The number of ether oxygens (including phenoxy) is 3. The highest BCUT2D eigenvalue weighted by atomic mass is 16.5. The lowest BCUT2D eigenvalue weighted by molar-refractivity contribution is 0.0698. The van der Waals surface area contributed by atoms with E-state index in [-0.39, 0.29) is 23.4 Å². The van der Waals surface area contributed by atoms with Crippen molar-refractivity contribution in [2.75, 3.05) is 18.5 Å². The summed E-state index contributed by atoms with van der Waals surface area (Å²) in [4.78, 5) is 40.1. The minimum absolute atomic E-state index is 0.00463. The minimum atomic E-state index is -1.13. The highest BCUT2D eigenvalue weighted by Crippen LogP contribution is 2.27. The lowest BCUT2D eigenvalue weighted by Gasteiger charge is -2.10. The van der Waals surface area contributed by atoms with Crippen molar-refractivity contribution < 1.29 is 33.7 Å². The molecule has 4 aromatic carbocycles. The third kappa shape index (κ3) is 8.10. The van der Waals surface area contributed by atoms with Gasteiger partial charge in [-0.15, -0.1) is 0 Å². The highest BCUT2D eigenvalue weighted by Gasteiger charge is 2.14. The fourth-order valence-corrected chi connectivity index (χ4v) is 4.25. The molecule has 0 bridgehead atoms. The molecule has 0 aliphatic rings. The van der Waals surface area contributed by atoms with E-state index in [2.05, 4.69) is 15.6 Å². The number of anilines is 1. The zero-order valence-corrected chi connectivity index (χ0v) is 23.6. The summed E-state index contributed by atoms with van der Waals surface area (Å²) in [7, 11) is 0. The number of rotatable bonds is 12. The molecule has 0 spiro atoms. The normalized spacial score (nSPS) is 10.5. The van der Waals surface area contributed by atoms with Crippen molar-refractivity contribution in [2.45, 2.75) is 13.0 Å². The standard InChI is InChI=1S/C34H29N3O7/c38-32(37-30-10-5-4-9-29(30)33(39)40)26-13-16-31(36-21-26)44-28-15-12-24-19-27(14-11-25(24)20-28)42-18-6-17-35-34(41)43-22-23-7-2-1-3-8-23/h1-5,7-16,19-21H,6,17-18,22H2,(H,35,41)(H,37,38)(H,39,40). The smallest absolute Gasteiger partial charge is 0.407 e. The van der Waals surface area contributed by atoms with E-state index < -0.39 is 18.0 Å². The van der Waals surface area contributed by atoms with Crippen LogP contribution < -0.4 is 20.1 Å². The van der Waals surface area contributed by atoms with Crippen LogP contribution in [0.5, 0.6) is 17.4 Å². The van der Waals surface area contributed by atoms with Gasteiger partial charge < -0.3 is 30.0 Å². The van der Waals surface area contributed by atoms with Crippen molar-refractivity contribution in [3.63, 3.8) is 0 Å². The van der Waals surface area contributed by atoms with Crippen LogP contribution in [0.2, 0.25) is 0 Å². The van der Waals surface area contributed by atoms with E-state index in [4.69, 9.17) is 14.2 Å². The molecule has 2 amide bonds. The van der Waals surface area contributed by atoms with Crippen molar-refractivity contribution in [3.05, 3.63) is 126 Å². The van der Waals surface area contributed by atoms with E-state index in [1.165, 1.54) is 18.3 Å². The number of carbonyl (C=O) groups is 3. The molecule has 44 heavy (non-hydrogen) atoms. The molecule has 0 fully saturated rings. The number of fused-ring (bicyclic) bond motifs is 1. The number of hydrogen-bond donors (Lipinski definition) is 3. The summed E-state index contributed by atoms with van der Waals surface area (Å²) in [6.07, 6.45) is 1.52. The first-order valence-corrected chi connectivity index (χ1v) is 13.8. The van der Waals surface area contributed by atoms with Gasteiger partial charge in [0.05, 0.1) is 23.4 Å². The van der Waals surface area contributed by atoms with Gasteiger partial charge in [0.1, 0.15) is 18.1 Å². The second-order valence-corrected chi connectivity index (χ2v) is 9.65. The number of carboxylic acids is 1. The third-order valence-electron chi connectivity index (χ3n) is 6.48. The first kappa shape index (κ1) is 29.6. The van der Waals surface area contributed by atoms with Gasteiger partial charge in [-0.3, -0.25) is 4.79 Å². The fraction of sp³-hybridized carbons (Fsp3) is 0.118. The summed E-state index contributed by atoms with van der Waals surface area (Å²) in [5.74, 6) is -0.0513. The monoisotopic (exact) mass is 591 g/mol. The predicted octanol–water partition coefficient (Wildman–Crippen LogP) is 6.67. The molecular weight excluding hydrogens is 562 g/mol. The highest BCUT2D eigenvalue weighted by molar-refractivity contribution is 6.07. The summed E-state index contributed by atoms with van der Waals surface area (Å²) in [6, 6.07) is 30.1. The van der Waals surface area contributed by atoms with Crippen LogP contribution in [0.3, 0.4) is 0 Å². The fourth-order valence-electron chi connectivity index (χ4n) is 4.25. The molecule has 0 aliphatic carbocycles. The molecule has 0 atom stereocenters. The number of hydrogen-bond acceptors (Lipinski definition) is 7. The molecule has 0 saturated heterocycles. The summed E-state index contributed by atoms with van der Waals surface area (Å²) < 4.78 is 16.9. The first-order chi connectivity index (χ1) is 21.4. The van der Waals surface area contributed by atoms with Crippen LogP contribution in [0.1, 0.15) is 32.7 Å². The lowest BCUT2D eigenvalue weighted by Crippen LogP contribution is -2.26. The van der Waals surface area contributed by atoms with Crippen LogP contribution in [0.25, 0.3) is 10.8 Å². The van der Waals surface area contributed by atoms with Gasteiger partial charge in [0, 0.05) is 18.8 Å². The van der Waals surface area contributed by atoms with Crippen LogP contribution in [0.15, 0.2) is 109 Å². The Bertz CT molecular complexity index is 1760. The van der Waals surface area contributed by atoms with E-state index in [1.807, 2.05) is 66.7 Å². The van der Waals surface area contributed by atoms with Crippen molar-refractivity contribution in [1.29, 1.82) is 0 Å². The molecular formula is C34H29N3O7. The largest absolute Gasteiger partial charge is 0.494 e. The maximum atomic E-state index is 12.6. The molecule has 3 N–H and O–H groups in total. The molecule has 0 aliphatic heterocycles. The summed E-state index contributed by atoms with van der Waals surface area (Å²) in [5.41, 5.74) is 1.37. The summed E-state index contributed by atoms with van der Waals surface area (Å²) >= 11 is 0. The summed E-state index contributed by atoms with van der Waals surface area (Å²) in [5, 5.41) is 16.5. The Balaban J connectivity index is 1.08. The zero-order valence-electron chi connectivity index (χ0n) is 23.6. The van der Waals surface area contributed by atoms with Gasteiger partial charge in [-0.05, 0) is 65.2 Å². The van der Waals surface area contributed by atoms with Crippen molar-refractivity contribution in [2.24, 2.45) is 0 Å². The molecule has 222 valence electrons. The Hall–Kier alpha value is -5.90. The number of para-hydroxylation sites is 1. The number of aromatic carboxylic acids is 1. The van der Waals surface area contributed by atoms with Crippen LogP contribution in [-0.2, 0) is 11.3 Å². The van der Waals surface area contributed by atoms with E-state index in [1.54, 1.807) is 24.3 Å². The van der Waals surface area contributed by atoms with E-state index in [0.29, 0.717) is 37.0 Å². The second kappa shape index (κ2) is 14.3. The average Bonchev–Trinajstić information content (AvgIpc) is 3.04. The Morgan fingerprint density at radius 2 is 1.52 bits per heavy atom. The number of nitrogens with one attached hydrogen (secondary N) is 2. The molecule has 0 saturated carbocycles. The number of pyridine rings is 1. The lowest BCUT2D eigenvalue weighted by atomic mass is 10.1. The molecule has 1 aromatic heterocycles. The number of carbonyl (C=O) groups excluding carboxylic acids is 2. The van der Waals surface area contributed by atoms with Crippen molar-refractivity contribution in [1.82, 2.24) is 10.3 Å². The number of amides is 2. The van der Waals surface area contributed by atoms with Gasteiger partial charge in [0.15, 0.2) is 0 Å². The Morgan fingerprint density at radius 1 is 0.795 bits per heavy atom. The SMILES string of the molecule is O=C(NCCCOc1ccc2cc(Oc3ccc(C(=O)Nc4ccccc4C(=O)O)cn3)ccc2c1)OCc1ccccc1. The number of carboxylic acid groups (broad SMARTS) is 1. The molecule has 5 aromatic rings. The van der Waals surface area contributed by atoms with Crippen molar-refractivity contribution in [3.8, 4) is 17.4 Å². The third-order valence-corrected chi connectivity index (χ3v) is 6.48. The molecule has 5 rings (SSSR count). The summed E-state index contributed by atoms with van der Waals surface area (Å²) in [6.45, 7) is 1.08. The quantitative estimate of drug-likeness (QED) is 0.137. The number of benzene rings is 4. The van der Waals surface area contributed by atoms with E-state index in [9.17, 15) is 19.5 Å². The molecule has 10 heteroatoms. The first-order valence-electron chi connectivity index (χ1n) is 13.8. The number of nitrogens with zero attached hydrogens (tertiary/aromatic N) is 1. The van der Waals surface area contributed by atoms with Gasteiger partial charge in [0.25, 0.3) is 5.91 Å². The van der Waals surface area contributed by atoms with E-state index >= 15 is 0 Å². The Labute approximate surface area is 253 Å². The molecule has 1 heterocycles. The Morgan fingerprint density at radius 3 is 2.27 bits per heavy atom. The molecule has 0 radical (unpaired) electrons. The molecule has 0 unspecified atom stereocenters.